The number of allylic oxidation sites excluding steroid dienone is 4. The summed E-state index contributed by atoms with van der Waals surface area (Å²) in [6.07, 6.45) is 6.06. The first-order chi connectivity index (χ1) is 10.5. The van der Waals surface area contributed by atoms with E-state index >= 15 is 0 Å². The molecule has 0 saturated carbocycles. The smallest absolute Gasteiger partial charge is 0.307 e. The lowest BCUT2D eigenvalue weighted by atomic mass is 9.64. The van der Waals surface area contributed by atoms with Crippen LogP contribution >= 0.6 is 0 Å². The van der Waals surface area contributed by atoms with E-state index in [1.165, 1.54) is 0 Å². The summed E-state index contributed by atoms with van der Waals surface area (Å²) in [5.74, 6) is -5.01. The summed E-state index contributed by atoms with van der Waals surface area (Å²) < 4.78 is 0. The van der Waals surface area contributed by atoms with E-state index in [2.05, 4.69) is 0 Å². The summed E-state index contributed by atoms with van der Waals surface area (Å²) >= 11 is 0. The molecule has 0 radical (unpaired) electrons. The fourth-order valence-corrected chi connectivity index (χ4v) is 3.55. The first kappa shape index (κ1) is 16.1. The SMILES string of the molecule is O=CC(CC(=O)O)C1CC(C(=O)O)C(C=O)C2=C1CCC=C2. The van der Waals surface area contributed by atoms with Crippen molar-refractivity contribution in [3.8, 4) is 0 Å². The normalized spacial score (nSPS) is 28.6. The Balaban J connectivity index is 2.46. The Labute approximate surface area is 127 Å². The lowest BCUT2D eigenvalue weighted by Crippen LogP contribution is -2.37. The highest BCUT2D eigenvalue weighted by Gasteiger charge is 2.42. The number of aldehydes is 2. The molecule has 0 amide bonds. The van der Waals surface area contributed by atoms with Crippen molar-refractivity contribution in [2.45, 2.75) is 25.7 Å². The molecule has 0 aliphatic heterocycles. The fourth-order valence-electron chi connectivity index (χ4n) is 3.55. The quantitative estimate of drug-likeness (QED) is 0.719. The second-order valence-electron chi connectivity index (χ2n) is 5.77. The minimum Gasteiger partial charge on any atom is -0.481 e. The number of aliphatic carboxylic acids is 2. The summed E-state index contributed by atoms with van der Waals surface area (Å²) in [7, 11) is 0. The van der Waals surface area contributed by atoms with Gasteiger partial charge >= 0.3 is 11.9 Å². The van der Waals surface area contributed by atoms with Gasteiger partial charge in [-0.1, -0.05) is 17.7 Å². The number of carbonyl (C=O) groups is 4. The fraction of sp³-hybridized carbons (Fsp3) is 0.500. The second kappa shape index (κ2) is 6.68. The van der Waals surface area contributed by atoms with Crippen LogP contribution in [0.15, 0.2) is 23.3 Å². The van der Waals surface area contributed by atoms with E-state index in [1.54, 1.807) is 6.08 Å². The van der Waals surface area contributed by atoms with Gasteiger partial charge in [0.05, 0.1) is 18.3 Å². The number of hydrogen-bond acceptors (Lipinski definition) is 4. The zero-order valence-electron chi connectivity index (χ0n) is 12.0. The van der Waals surface area contributed by atoms with E-state index in [9.17, 15) is 24.3 Å². The van der Waals surface area contributed by atoms with Gasteiger partial charge in [-0.15, -0.1) is 0 Å². The Bertz CT molecular complexity index is 559. The summed E-state index contributed by atoms with van der Waals surface area (Å²) in [6.45, 7) is 0. The molecule has 0 heterocycles. The van der Waals surface area contributed by atoms with Crippen LogP contribution in [0.4, 0.5) is 0 Å². The van der Waals surface area contributed by atoms with Gasteiger partial charge in [0.15, 0.2) is 0 Å². The Morgan fingerprint density at radius 2 is 2.05 bits per heavy atom. The molecule has 0 fully saturated rings. The highest BCUT2D eigenvalue weighted by atomic mass is 16.4. The molecule has 22 heavy (non-hydrogen) atoms. The van der Waals surface area contributed by atoms with Gasteiger partial charge in [-0.25, -0.2) is 0 Å². The van der Waals surface area contributed by atoms with Gasteiger partial charge < -0.3 is 19.8 Å². The van der Waals surface area contributed by atoms with Crippen molar-refractivity contribution in [2.24, 2.45) is 23.7 Å². The number of rotatable bonds is 6. The van der Waals surface area contributed by atoms with Gasteiger partial charge in [0.2, 0.25) is 0 Å². The van der Waals surface area contributed by atoms with E-state index < -0.39 is 35.6 Å². The predicted molar refractivity (Wildman–Crippen MR) is 76.0 cm³/mol. The first-order valence-electron chi connectivity index (χ1n) is 7.24. The number of carboxylic acids is 2. The Kier molecular flexibility index (Phi) is 4.90. The van der Waals surface area contributed by atoms with Gasteiger partial charge in [0.25, 0.3) is 0 Å². The minimum absolute atomic E-state index is 0.127. The van der Waals surface area contributed by atoms with Gasteiger partial charge in [0.1, 0.15) is 12.6 Å². The molecule has 2 aliphatic carbocycles. The monoisotopic (exact) mass is 306 g/mol. The van der Waals surface area contributed by atoms with Crippen LogP contribution < -0.4 is 0 Å². The third-order valence-corrected chi connectivity index (χ3v) is 4.56. The van der Waals surface area contributed by atoms with Crippen molar-refractivity contribution in [3.63, 3.8) is 0 Å². The molecule has 0 bridgehead atoms. The lowest BCUT2D eigenvalue weighted by molar-refractivity contribution is -0.146. The van der Waals surface area contributed by atoms with Crippen LogP contribution in [-0.2, 0) is 19.2 Å². The van der Waals surface area contributed by atoms with Crippen LogP contribution in [0.25, 0.3) is 0 Å². The number of hydrogen-bond donors (Lipinski definition) is 2. The summed E-state index contributed by atoms with van der Waals surface area (Å²) in [5, 5.41) is 18.3. The van der Waals surface area contributed by atoms with E-state index in [0.29, 0.717) is 24.6 Å². The molecule has 0 aromatic carbocycles. The first-order valence-corrected chi connectivity index (χ1v) is 7.24. The van der Waals surface area contributed by atoms with Crippen molar-refractivity contribution in [3.05, 3.63) is 23.3 Å². The van der Waals surface area contributed by atoms with E-state index in [0.717, 1.165) is 12.0 Å². The van der Waals surface area contributed by atoms with Crippen molar-refractivity contribution in [1.82, 2.24) is 0 Å². The zero-order chi connectivity index (χ0) is 16.3. The molecular weight excluding hydrogens is 288 g/mol. The molecule has 4 unspecified atom stereocenters. The highest BCUT2D eigenvalue weighted by molar-refractivity contribution is 5.79. The third kappa shape index (κ3) is 3.00. The Morgan fingerprint density at radius 1 is 1.32 bits per heavy atom. The van der Waals surface area contributed by atoms with E-state index in [4.69, 9.17) is 5.11 Å². The molecule has 2 rings (SSSR count). The number of carbonyl (C=O) groups excluding carboxylic acids is 2. The second-order valence-corrected chi connectivity index (χ2v) is 5.77. The molecule has 6 nitrogen and oxygen atoms in total. The van der Waals surface area contributed by atoms with Crippen LogP contribution in [0, 0.1) is 23.7 Å². The average molecular weight is 306 g/mol. The van der Waals surface area contributed by atoms with Gasteiger partial charge in [0, 0.05) is 5.92 Å². The molecule has 0 aromatic heterocycles. The maximum Gasteiger partial charge on any atom is 0.307 e. The Hall–Kier alpha value is -2.24. The Morgan fingerprint density at radius 3 is 2.59 bits per heavy atom. The highest BCUT2D eigenvalue weighted by Crippen LogP contribution is 2.45. The number of carboxylic acid groups (broad SMARTS) is 2. The maximum absolute atomic E-state index is 11.5. The molecule has 0 aromatic rings. The standard InChI is InChI=1S/C16H18O6/c17-7-9(5-15(19)20)12-6-13(16(21)22)14(8-18)11-4-2-1-3-10(11)12/h2,4,7-9,12-14H,1,3,5-6H2,(H,19,20)(H,21,22). The topological polar surface area (TPSA) is 109 Å². The van der Waals surface area contributed by atoms with Crippen molar-refractivity contribution < 1.29 is 29.4 Å². The van der Waals surface area contributed by atoms with E-state index in [1.807, 2.05) is 6.08 Å². The summed E-state index contributed by atoms with van der Waals surface area (Å²) in [5.41, 5.74) is 1.53. The third-order valence-electron chi connectivity index (χ3n) is 4.56. The lowest BCUT2D eigenvalue weighted by Gasteiger charge is -2.38. The largest absolute Gasteiger partial charge is 0.481 e. The van der Waals surface area contributed by atoms with Crippen LogP contribution in [0.3, 0.4) is 0 Å². The summed E-state index contributed by atoms with van der Waals surface area (Å²) in [6, 6.07) is 0. The van der Waals surface area contributed by atoms with Crippen LogP contribution in [0.2, 0.25) is 0 Å². The maximum atomic E-state index is 11.5. The van der Waals surface area contributed by atoms with Crippen molar-refractivity contribution in [1.29, 1.82) is 0 Å². The van der Waals surface area contributed by atoms with E-state index in [-0.39, 0.29) is 12.8 Å². The molecule has 6 heteroatoms. The van der Waals surface area contributed by atoms with Crippen LogP contribution in [-0.4, -0.2) is 34.7 Å². The zero-order valence-corrected chi connectivity index (χ0v) is 12.0. The van der Waals surface area contributed by atoms with Gasteiger partial charge in [-0.05, 0) is 30.8 Å². The molecular formula is C16H18O6. The molecule has 4 atom stereocenters. The summed E-state index contributed by atoms with van der Waals surface area (Å²) in [4.78, 5) is 45.1. The molecule has 0 spiro atoms. The van der Waals surface area contributed by atoms with Gasteiger partial charge in [-0.3, -0.25) is 9.59 Å². The average Bonchev–Trinajstić information content (AvgIpc) is 2.50. The molecule has 118 valence electrons. The minimum atomic E-state index is -1.09. The van der Waals surface area contributed by atoms with Crippen LogP contribution in [0.1, 0.15) is 25.7 Å². The van der Waals surface area contributed by atoms with Crippen molar-refractivity contribution >= 4 is 24.5 Å². The molecule has 0 saturated heterocycles. The molecule has 2 aliphatic rings. The predicted octanol–water partition coefficient (Wildman–Crippen LogP) is 1.46. The van der Waals surface area contributed by atoms with Crippen LogP contribution in [0.5, 0.6) is 0 Å². The van der Waals surface area contributed by atoms with Crippen molar-refractivity contribution in [2.75, 3.05) is 0 Å². The van der Waals surface area contributed by atoms with Gasteiger partial charge in [-0.2, -0.15) is 0 Å². The molecule has 2 N–H and O–H groups in total.